The fourth-order valence-electron chi connectivity index (χ4n) is 2.78. The van der Waals surface area contributed by atoms with Gasteiger partial charge in [0.2, 0.25) is 0 Å². The predicted molar refractivity (Wildman–Crippen MR) is 77.8 cm³/mol. The van der Waals surface area contributed by atoms with Crippen molar-refractivity contribution in [2.75, 3.05) is 7.05 Å². The molecule has 0 saturated heterocycles. The first-order valence-electron chi connectivity index (χ1n) is 6.60. The molecule has 1 aliphatic rings. The van der Waals surface area contributed by atoms with Crippen LogP contribution < -0.4 is 0 Å². The molecule has 0 aliphatic heterocycles. The van der Waals surface area contributed by atoms with E-state index in [1.165, 1.54) is 19.3 Å². The van der Waals surface area contributed by atoms with Crippen LogP contribution in [0.3, 0.4) is 0 Å². The van der Waals surface area contributed by atoms with Crippen LogP contribution >= 0.6 is 23.2 Å². The Hall–Kier alpha value is -0.800. The van der Waals surface area contributed by atoms with Crippen molar-refractivity contribution in [2.45, 2.75) is 38.6 Å². The van der Waals surface area contributed by atoms with E-state index in [2.05, 4.69) is 11.9 Å². The third kappa shape index (κ3) is 3.21. The van der Waals surface area contributed by atoms with E-state index in [-0.39, 0.29) is 17.1 Å². The molecule has 3 nitrogen and oxygen atoms in total. The molecule has 1 aromatic heterocycles. The van der Waals surface area contributed by atoms with E-state index in [4.69, 9.17) is 23.2 Å². The third-order valence-corrected chi connectivity index (χ3v) is 4.43. The number of hydrogen-bond donors (Lipinski definition) is 0. The molecule has 1 fully saturated rings. The van der Waals surface area contributed by atoms with Gasteiger partial charge in [0.05, 0.1) is 5.56 Å². The summed E-state index contributed by atoms with van der Waals surface area (Å²) in [7, 11) is 1.85. The Bertz CT molecular complexity index is 479. The lowest BCUT2D eigenvalue weighted by atomic mass is 9.85. The highest BCUT2D eigenvalue weighted by molar-refractivity contribution is 6.34. The monoisotopic (exact) mass is 300 g/mol. The van der Waals surface area contributed by atoms with Crippen LogP contribution in [0, 0.1) is 5.92 Å². The minimum atomic E-state index is -0.0760. The molecule has 0 aromatic carbocycles. The summed E-state index contributed by atoms with van der Waals surface area (Å²) in [5.41, 5.74) is 0.423. The van der Waals surface area contributed by atoms with Crippen molar-refractivity contribution in [2.24, 2.45) is 5.92 Å². The van der Waals surface area contributed by atoms with Crippen LogP contribution in [-0.2, 0) is 0 Å². The van der Waals surface area contributed by atoms with E-state index in [1.807, 2.05) is 7.05 Å². The molecule has 0 bridgehead atoms. The van der Waals surface area contributed by atoms with Crippen LogP contribution in [0.4, 0.5) is 0 Å². The zero-order chi connectivity index (χ0) is 14.0. The van der Waals surface area contributed by atoms with Crippen LogP contribution in [0.15, 0.2) is 12.1 Å². The third-order valence-electron chi connectivity index (χ3n) is 3.93. The summed E-state index contributed by atoms with van der Waals surface area (Å²) < 4.78 is 0. The Morgan fingerprint density at radius 1 is 1.32 bits per heavy atom. The highest BCUT2D eigenvalue weighted by Crippen LogP contribution is 2.29. The molecule has 2 atom stereocenters. The molecule has 5 heteroatoms. The van der Waals surface area contributed by atoms with Crippen molar-refractivity contribution in [1.82, 2.24) is 9.88 Å². The van der Waals surface area contributed by atoms with Gasteiger partial charge in [-0.1, -0.05) is 43.0 Å². The average Bonchev–Trinajstić information content (AvgIpc) is 2.38. The molecule has 19 heavy (non-hydrogen) atoms. The number of carbonyl (C=O) groups excluding carboxylic acids is 1. The second-order valence-corrected chi connectivity index (χ2v) is 5.96. The molecular weight excluding hydrogens is 283 g/mol. The summed E-state index contributed by atoms with van der Waals surface area (Å²) in [4.78, 5) is 18.2. The van der Waals surface area contributed by atoms with E-state index in [9.17, 15) is 4.79 Å². The molecule has 1 heterocycles. The fraction of sp³-hybridized carbons (Fsp3) is 0.571. The molecule has 1 amide bonds. The van der Waals surface area contributed by atoms with Crippen molar-refractivity contribution in [3.05, 3.63) is 28.0 Å². The van der Waals surface area contributed by atoms with Crippen molar-refractivity contribution in [1.29, 1.82) is 0 Å². The second-order valence-electron chi connectivity index (χ2n) is 5.22. The fourth-order valence-corrected chi connectivity index (χ4v) is 3.21. The summed E-state index contributed by atoms with van der Waals surface area (Å²) in [5.74, 6) is 0.453. The maximum Gasteiger partial charge on any atom is 0.256 e. The summed E-state index contributed by atoms with van der Waals surface area (Å²) >= 11 is 11.8. The highest BCUT2D eigenvalue weighted by Gasteiger charge is 2.29. The highest BCUT2D eigenvalue weighted by atomic mass is 35.5. The van der Waals surface area contributed by atoms with E-state index in [0.29, 0.717) is 16.6 Å². The summed E-state index contributed by atoms with van der Waals surface area (Å²) in [5, 5.41) is 0.475. The molecule has 104 valence electrons. The lowest BCUT2D eigenvalue weighted by Gasteiger charge is -2.36. The lowest BCUT2D eigenvalue weighted by Crippen LogP contribution is -2.42. The Balaban J connectivity index is 2.18. The smallest absolute Gasteiger partial charge is 0.256 e. The first-order valence-corrected chi connectivity index (χ1v) is 7.35. The van der Waals surface area contributed by atoms with Gasteiger partial charge in [0, 0.05) is 13.1 Å². The SMILES string of the molecule is CC1CCCCC1N(C)C(=O)c1ccc(Cl)nc1Cl. The Morgan fingerprint density at radius 3 is 2.63 bits per heavy atom. The Kier molecular flexibility index (Phi) is 4.69. The quantitative estimate of drug-likeness (QED) is 0.772. The van der Waals surface area contributed by atoms with Gasteiger partial charge in [0.25, 0.3) is 5.91 Å². The van der Waals surface area contributed by atoms with Gasteiger partial charge in [-0.15, -0.1) is 0 Å². The van der Waals surface area contributed by atoms with E-state index in [1.54, 1.807) is 17.0 Å². The van der Waals surface area contributed by atoms with E-state index < -0.39 is 0 Å². The van der Waals surface area contributed by atoms with Crippen LogP contribution in [0.25, 0.3) is 0 Å². The van der Waals surface area contributed by atoms with Gasteiger partial charge >= 0.3 is 0 Å². The summed E-state index contributed by atoms with van der Waals surface area (Å²) in [6, 6.07) is 3.52. The van der Waals surface area contributed by atoms with Crippen LogP contribution in [0.1, 0.15) is 43.0 Å². The van der Waals surface area contributed by atoms with Crippen molar-refractivity contribution < 1.29 is 4.79 Å². The first-order chi connectivity index (χ1) is 9.00. The summed E-state index contributed by atoms with van der Waals surface area (Å²) in [6.07, 6.45) is 4.67. The topological polar surface area (TPSA) is 33.2 Å². The maximum absolute atomic E-state index is 12.5. The molecule has 0 radical (unpaired) electrons. The van der Waals surface area contributed by atoms with Gasteiger partial charge in [0.1, 0.15) is 10.3 Å². The molecular formula is C14H18Cl2N2O. The van der Waals surface area contributed by atoms with Crippen LogP contribution in [0.2, 0.25) is 10.3 Å². The maximum atomic E-state index is 12.5. The van der Waals surface area contributed by atoms with Gasteiger partial charge in [0.15, 0.2) is 0 Å². The average molecular weight is 301 g/mol. The zero-order valence-corrected chi connectivity index (χ0v) is 12.7. The number of hydrogen-bond acceptors (Lipinski definition) is 2. The first kappa shape index (κ1) is 14.6. The molecule has 0 spiro atoms. The number of nitrogens with zero attached hydrogens (tertiary/aromatic N) is 2. The molecule has 1 saturated carbocycles. The molecule has 1 aliphatic carbocycles. The van der Waals surface area contributed by atoms with Gasteiger partial charge < -0.3 is 4.90 Å². The number of halogens is 2. The number of carbonyl (C=O) groups is 1. The van der Waals surface area contributed by atoms with Gasteiger partial charge in [-0.25, -0.2) is 4.98 Å². The molecule has 2 unspecified atom stereocenters. The van der Waals surface area contributed by atoms with E-state index >= 15 is 0 Å². The number of pyridine rings is 1. The Labute approximate surface area is 123 Å². The van der Waals surface area contributed by atoms with Crippen molar-refractivity contribution >= 4 is 29.1 Å². The van der Waals surface area contributed by atoms with Crippen LogP contribution in [-0.4, -0.2) is 28.9 Å². The number of amides is 1. The van der Waals surface area contributed by atoms with Crippen molar-refractivity contribution in [3.63, 3.8) is 0 Å². The van der Waals surface area contributed by atoms with Crippen molar-refractivity contribution in [3.8, 4) is 0 Å². The normalized spacial score (nSPS) is 23.2. The molecule has 2 rings (SSSR count). The predicted octanol–water partition coefficient (Wildman–Crippen LogP) is 4.04. The number of aromatic nitrogens is 1. The van der Waals surface area contributed by atoms with Gasteiger partial charge in [-0.3, -0.25) is 4.79 Å². The number of rotatable bonds is 2. The van der Waals surface area contributed by atoms with Gasteiger partial charge in [-0.05, 0) is 30.9 Å². The lowest BCUT2D eigenvalue weighted by molar-refractivity contribution is 0.0629. The minimum absolute atomic E-state index is 0.0760. The summed E-state index contributed by atoms with van der Waals surface area (Å²) in [6.45, 7) is 2.20. The Morgan fingerprint density at radius 2 is 2.00 bits per heavy atom. The standard InChI is InChI=1S/C14H18Cl2N2O/c1-9-5-3-4-6-11(9)18(2)14(19)10-7-8-12(15)17-13(10)16/h7-9,11H,3-6H2,1-2H3. The largest absolute Gasteiger partial charge is 0.338 e. The molecule has 0 N–H and O–H groups in total. The second kappa shape index (κ2) is 6.10. The van der Waals surface area contributed by atoms with E-state index in [0.717, 1.165) is 6.42 Å². The van der Waals surface area contributed by atoms with Gasteiger partial charge in [-0.2, -0.15) is 0 Å². The molecule has 1 aromatic rings. The zero-order valence-electron chi connectivity index (χ0n) is 11.2. The van der Waals surface area contributed by atoms with Crippen LogP contribution in [0.5, 0.6) is 0 Å². The minimum Gasteiger partial charge on any atom is -0.338 e.